The molecule has 1 rings (SSSR count). The van der Waals surface area contributed by atoms with Crippen molar-refractivity contribution in [3.8, 4) is 0 Å². The first-order chi connectivity index (χ1) is 7.09. The van der Waals surface area contributed by atoms with Gasteiger partial charge in [0.25, 0.3) is 0 Å². The third-order valence-electron chi connectivity index (χ3n) is 2.86. The van der Waals surface area contributed by atoms with Crippen molar-refractivity contribution >= 4 is 11.7 Å². The van der Waals surface area contributed by atoms with Crippen molar-refractivity contribution in [2.24, 2.45) is 22.7 Å². The number of nitrogens with zero attached hydrogens (tertiary/aromatic N) is 1. The summed E-state index contributed by atoms with van der Waals surface area (Å²) < 4.78 is 0. The quantitative estimate of drug-likeness (QED) is 0.688. The predicted octanol–water partition coefficient (Wildman–Crippen LogP) is 2.25. The molecule has 0 aromatic heterocycles. The van der Waals surface area contributed by atoms with Crippen LogP contribution in [-0.2, 0) is 0 Å². The number of primary amides is 1. The first-order valence-corrected chi connectivity index (χ1v) is 5.71. The Labute approximate surface area is 91.3 Å². The Morgan fingerprint density at radius 2 is 2.40 bits per heavy atom. The van der Waals surface area contributed by atoms with Crippen molar-refractivity contribution in [2.75, 3.05) is 0 Å². The summed E-state index contributed by atoms with van der Waals surface area (Å²) in [6.07, 6.45) is 5.79. The van der Waals surface area contributed by atoms with Crippen LogP contribution in [0.25, 0.3) is 0 Å². The van der Waals surface area contributed by atoms with Crippen molar-refractivity contribution in [1.82, 2.24) is 5.43 Å². The Kier molecular flexibility index (Phi) is 4.59. The second-order valence-corrected chi connectivity index (χ2v) is 4.64. The Bertz CT molecular complexity index is 248. The number of rotatable bonds is 4. The van der Waals surface area contributed by atoms with Crippen LogP contribution in [-0.4, -0.2) is 11.7 Å². The van der Waals surface area contributed by atoms with Gasteiger partial charge in [0.2, 0.25) is 0 Å². The zero-order chi connectivity index (χ0) is 11.3. The van der Waals surface area contributed by atoms with E-state index >= 15 is 0 Å². The average Bonchev–Trinajstić information content (AvgIpc) is 2.58. The van der Waals surface area contributed by atoms with Crippen molar-refractivity contribution in [3.63, 3.8) is 0 Å². The normalized spacial score (nSPS) is 23.7. The van der Waals surface area contributed by atoms with Gasteiger partial charge in [0.05, 0.1) is 0 Å². The van der Waals surface area contributed by atoms with Crippen LogP contribution in [0, 0.1) is 11.8 Å². The minimum Gasteiger partial charge on any atom is -0.350 e. The molecule has 0 heterocycles. The maximum Gasteiger partial charge on any atom is 0.332 e. The molecule has 0 aromatic carbocycles. The third-order valence-corrected chi connectivity index (χ3v) is 2.86. The Balaban J connectivity index is 2.42. The lowest BCUT2D eigenvalue weighted by Gasteiger charge is -2.12. The fraction of sp³-hybridized carbons (Fsp3) is 0.818. The largest absolute Gasteiger partial charge is 0.350 e. The maximum atomic E-state index is 10.5. The molecule has 15 heavy (non-hydrogen) atoms. The molecule has 0 aliphatic heterocycles. The summed E-state index contributed by atoms with van der Waals surface area (Å²) in [6.45, 7) is 4.46. The summed E-state index contributed by atoms with van der Waals surface area (Å²) in [5, 5.41) is 4.07. The number of hydrazone groups is 1. The van der Waals surface area contributed by atoms with Crippen LogP contribution in [0.1, 0.15) is 46.0 Å². The minimum atomic E-state index is -0.572. The van der Waals surface area contributed by atoms with E-state index in [1.54, 1.807) is 0 Å². The molecule has 4 nitrogen and oxygen atoms in total. The van der Waals surface area contributed by atoms with Gasteiger partial charge in [-0.15, -0.1) is 0 Å². The lowest BCUT2D eigenvalue weighted by Crippen LogP contribution is -2.26. The van der Waals surface area contributed by atoms with E-state index in [1.165, 1.54) is 25.7 Å². The highest BCUT2D eigenvalue weighted by molar-refractivity contribution is 5.89. The van der Waals surface area contributed by atoms with Crippen LogP contribution in [0.15, 0.2) is 5.10 Å². The predicted molar refractivity (Wildman–Crippen MR) is 61.6 cm³/mol. The summed E-state index contributed by atoms with van der Waals surface area (Å²) >= 11 is 0. The smallest absolute Gasteiger partial charge is 0.332 e. The summed E-state index contributed by atoms with van der Waals surface area (Å²) in [5.41, 5.74) is 8.43. The number of carbonyl (C=O) groups excluding carboxylic acids is 1. The lowest BCUT2D eigenvalue weighted by molar-refractivity contribution is 0.249. The fourth-order valence-electron chi connectivity index (χ4n) is 2.02. The number of nitrogens with two attached hydrogens (primary N) is 1. The third kappa shape index (κ3) is 4.32. The van der Waals surface area contributed by atoms with Gasteiger partial charge < -0.3 is 5.73 Å². The molecular formula is C11H21N3O. The monoisotopic (exact) mass is 211 g/mol. The molecule has 1 fully saturated rings. The Morgan fingerprint density at radius 1 is 1.67 bits per heavy atom. The van der Waals surface area contributed by atoms with Crippen molar-refractivity contribution in [1.29, 1.82) is 0 Å². The zero-order valence-electron chi connectivity index (χ0n) is 9.62. The van der Waals surface area contributed by atoms with E-state index in [0.717, 1.165) is 18.1 Å². The maximum absolute atomic E-state index is 10.5. The highest BCUT2D eigenvalue weighted by Crippen LogP contribution is 2.27. The van der Waals surface area contributed by atoms with Crippen molar-refractivity contribution in [3.05, 3.63) is 0 Å². The standard InChI is InChI=1S/C11H21N3O/c1-8(2)6-7-9-4-3-5-10(9)13-14-11(12)15/h8-9H,3-7H2,1-2H3,(H3,12,14,15). The molecule has 0 aromatic rings. The van der Waals surface area contributed by atoms with Gasteiger partial charge in [-0.1, -0.05) is 20.3 Å². The molecule has 1 aliphatic carbocycles. The van der Waals surface area contributed by atoms with E-state index in [9.17, 15) is 4.79 Å². The molecule has 1 unspecified atom stereocenters. The van der Waals surface area contributed by atoms with Crippen LogP contribution >= 0.6 is 0 Å². The average molecular weight is 211 g/mol. The van der Waals surface area contributed by atoms with E-state index in [-0.39, 0.29) is 0 Å². The second kappa shape index (κ2) is 5.73. The number of hydrogen-bond donors (Lipinski definition) is 2. The number of amides is 2. The van der Waals surface area contributed by atoms with Gasteiger partial charge in [0.15, 0.2) is 0 Å². The molecular weight excluding hydrogens is 190 g/mol. The summed E-state index contributed by atoms with van der Waals surface area (Å²) in [7, 11) is 0. The Hall–Kier alpha value is -1.06. The number of urea groups is 1. The van der Waals surface area contributed by atoms with Gasteiger partial charge in [0, 0.05) is 5.71 Å². The zero-order valence-corrected chi connectivity index (χ0v) is 9.62. The number of nitrogens with one attached hydrogen (secondary N) is 1. The van der Waals surface area contributed by atoms with E-state index in [4.69, 9.17) is 5.73 Å². The van der Waals surface area contributed by atoms with Crippen LogP contribution < -0.4 is 11.2 Å². The molecule has 86 valence electrons. The fourth-order valence-corrected chi connectivity index (χ4v) is 2.02. The van der Waals surface area contributed by atoms with Gasteiger partial charge >= 0.3 is 6.03 Å². The number of carbonyl (C=O) groups is 1. The van der Waals surface area contributed by atoms with Crippen LogP contribution in [0.2, 0.25) is 0 Å². The van der Waals surface area contributed by atoms with E-state index in [1.807, 2.05) is 0 Å². The van der Waals surface area contributed by atoms with Crippen LogP contribution in [0.4, 0.5) is 4.79 Å². The second-order valence-electron chi connectivity index (χ2n) is 4.64. The highest BCUT2D eigenvalue weighted by Gasteiger charge is 2.22. The van der Waals surface area contributed by atoms with Crippen molar-refractivity contribution < 1.29 is 4.79 Å². The molecule has 0 bridgehead atoms. The summed E-state index contributed by atoms with van der Waals surface area (Å²) in [4.78, 5) is 10.5. The lowest BCUT2D eigenvalue weighted by atomic mass is 9.96. The molecule has 1 atom stereocenters. The highest BCUT2D eigenvalue weighted by atomic mass is 16.2. The molecule has 0 radical (unpaired) electrons. The molecule has 4 heteroatoms. The molecule has 0 saturated heterocycles. The molecule has 2 amide bonds. The summed E-state index contributed by atoms with van der Waals surface area (Å²) in [6, 6.07) is -0.572. The Morgan fingerprint density at radius 3 is 3.00 bits per heavy atom. The van der Waals surface area contributed by atoms with Crippen molar-refractivity contribution in [2.45, 2.75) is 46.0 Å². The van der Waals surface area contributed by atoms with E-state index in [0.29, 0.717) is 5.92 Å². The van der Waals surface area contributed by atoms with Gasteiger partial charge in [-0.25, -0.2) is 10.2 Å². The first kappa shape index (κ1) is 12.0. The van der Waals surface area contributed by atoms with Crippen LogP contribution in [0.5, 0.6) is 0 Å². The topological polar surface area (TPSA) is 67.5 Å². The molecule has 1 aliphatic rings. The van der Waals surface area contributed by atoms with Gasteiger partial charge in [0.1, 0.15) is 0 Å². The first-order valence-electron chi connectivity index (χ1n) is 5.71. The van der Waals surface area contributed by atoms with Crippen LogP contribution in [0.3, 0.4) is 0 Å². The SMILES string of the molecule is CC(C)CCC1CCCC1=NNC(N)=O. The molecule has 1 saturated carbocycles. The van der Waals surface area contributed by atoms with E-state index in [2.05, 4.69) is 24.4 Å². The van der Waals surface area contributed by atoms with Gasteiger partial charge in [-0.3, -0.25) is 0 Å². The molecule has 3 N–H and O–H groups in total. The van der Waals surface area contributed by atoms with E-state index < -0.39 is 6.03 Å². The van der Waals surface area contributed by atoms with Gasteiger partial charge in [-0.05, 0) is 37.5 Å². The van der Waals surface area contributed by atoms with Gasteiger partial charge in [-0.2, -0.15) is 5.10 Å². The number of hydrogen-bond acceptors (Lipinski definition) is 2. The molecule has 0 spiro atoms. The summed E-state index contributed by atoms with van der Waals surface area (Å²) in [5.74, 6) is 1.29. The minimum absolute atomic E-state index is 0.555.